The molecule has 0 aliphatic carbocycles. The first-order valence-electron chi connectivity index (χ1n) is 9.17. The van der Waals surface area contributed by atoms with Gasteiger partial charge in [-0.1, -0.05) is 24.3 Å². The number of nitrogens with one attached hydrogen (secondary N) is 1. The van der Waals surface area contributed by atoms with Crippen LogP contribution in [0.4, 0.5) is 0 Å². The number of halogens is 1. The first-order valence-corrected chi connectivity index (χ1v) is 9.71. The van der Waals surface area contributed by atoms with Gasteiger partial charge >= 0.3 is 5.97 Å². The molecular formula is C21H17ClN2O5. The van der Waals surface area contributed by atoms with Gasteiger partial charge in [0.25, 0.3) is 0 Å². The molecule has 0 bridgehead atoms. The van der Waals surface area contributed by atoms with E-state index in [1.54, 1.807) is 12.1 Å². The molecule has 0 fully saturated rings. The molecule has 5 rings (SSSR count). The highest BCUT2D eigenvalue weighted by molar-refractivity contribution is 6.27. The van der Waals surface area contributed by atoms with Crippen LogP contribution >= 0.6 is 11.6 Å². The third kappa shape index (κ3) is 2.73. The Hall–Kier alpha value is -3.19. The minimum absolute atomic E-state index is 0.128. The lowest BCUT2D eigenvalue weighted by Crippen LogP contribution is -2.52. The fourth-order valence-electron chi connectivity index (χ4n) is 4.29. The molecule has 1 amide bonds. The zero-order valence-corrected chi connectivity index (χ0v) is 16.0. The molecule has 0 saturated carbocycles. The van der Waals surface area contributed by atoms with Crippen molar-refractivity contribution in [2.45, 2.75) is 18.5 Å². The van der Waals surface area contributed by atoms with Gasteiger partial charge in [0, 0.05) is 23.0 Å². The highest BCUT2D eigenvalue weighted by Gasteiger charge is 2.43. The number of carboxylic acids is 1. The van der Waals surface area contributed by atoms with E-state index in [0.29, 0.717) is 11.5 Å². The molecule has 3 aromatic rings. The topological polar surface area (TPSA) is 91.9 Å². The van der Waals surface area contributed by atoms with Crippen molar-refractivity contribution in [1.82, 2.24) is 9.88 Å². The van der Waals surface area contributed by atoms with Gasteiger partial charge in [-0.15, -0.1) is 11.6 Å². The molecule has 0 spiro atoms. The molecule has 2 N–H and O–H groups in total. The summed E-state index contributed by atoms with van der Waals surface area (Å²) in [5, 5.41) is 10.9. The first-order chi connectivity index (χ1) is 14.1. The number of H-pyrrole nitrogens is 1. The quantitative estimate of drug-likeness (QED) is 0.645. The van der Waals surface area contributed by atoms with Crippen LogP contribution in [0.1, 0.15) is 22.9 Å². The smallest absolute Gasteiger partial charge is 0.326 e. The Morgan fingerprint density at radius 1 is 1.17 bits per heavy atom. The normalized spacial score (nSPS) is 20.0. The number of amides is 1. The van der Waals surface area contributed by atoms with Gasteiger partial charge in [-0.2, -0.15) is 0 Å². The van der Waals surface area contributed by atoms with E-state index in [9.17, 15) is 14.7 Å². The Bertz CT molecular complexity index is 1140. The van der Waals surface area contributed by atoms with E-state index in [4.69, 9.17) is 21.1 Å². The predicted molar refractivity (Wildman–Crippen MR) is 105 cm³/mol. The second-order valence-corrected chi connectivity index (χ2v) is 7.34. The molecule has 0 saturated heterocycles. The maximum absolute atomic E-state index is 12.8. The number of carbonyl (C=O) groups is 2. The molecule has 29 heavy (non-hydrogen) atoms. The number of carbonyl (C=O) groups excluding carboxylic acids is 1. The SMILES string of the molecule is O=C(O)C1Cc2c([nH]c3ccccc23)C(c2ccc3c(c2)OCO3)N1C(=O)CCl. The number of rotatable bonds is 3. The lowest BCUT2D eigenvalue weighted by molar-refractivity contribution is -0.151. The number of aromatic nitrogens is 1. The van der Waals surface area contributed by atoms with Crippen LogP contribution in [-0.4, -0.2) is 45.6 Å². The molecule has 2 atom stereocenters. The molecule has 1 aromatic heterocycles. The van der Waals surface area contributed by atoms with E-state index in [1.807, 2.05) is 30.3 Å². The fraction of sp³-hybridized carbons (Fsp3) is 0.238. The van der Waals surface area contributed by atoms with Crippen LogP contribution in [0.15, 0.2) is 42.5 Å². The van der Waals surface area contributed by atoms with Crippen molar-refractivity contribution >= 4 is 34.4 Å². The lowest BCUT2D eigenvalue weighted by Gasteiger charge is -2.40. The number of aromatic amines is 1. The van der Waals surface area contributed by atoms with Gasteiger partial charge in [0.1, 0.15) is 11.9 Å². The third-order valence-electron chi connectivity index (χ3n) is 5.53. The highest BCUT2D eigenvalue weighted by Crippen LogP contribution is 2.43. The summed E-state index contributed by atoms with van der Waals surface area (Å²) in [6, 6.07) is 11.5. The number of nitrogens with zero attached hydrogens (tertiary/aromatic N) is 1. The van der Waals surface area contributed by atoms with Gasteiger partial charge in [0.15, 0.2) is 11.5 Å². The molecular weight excluding hydrogens is 396 g/mol. The maximum atomic E-state index is 12.8. The van der Waals surface area contributed by atoms with Gasteiger partial charge in [0.2, 0.25) is 12.7 Å². The van der Waals surface area contributed by atoms with E-state index >= 15 is 0 Å². The van der Waals surface area contributed by atoms with Crippen molar-refractivity contribution < 1.29 is 24.2 Å². The average Bonchev–Trinajstić information content (AvgIpc) is 3.35. The van der Waals surface area contributed by atoms with Crippen LogP contribution in [0, 0.1) is 0 Å². The highest BCUT2D eigenvalue weighted by atomic mass is 35.5. The molecule has 0 radical (unpaired) electrons. The zero-order valence-electron chi connectivity index (χ0n) is 15.2. The largest absolute Gasteiger partial charge is 0.480 e. The van der Waals surface area contributed by atoms with Crippen molar-refractivity contribution in [3.63, 3.8) is 0 Å². The lowest BCUT2D eigenvalue weighted by atomic mass is 9.88. The Morgan fingerprint density at radius 2 is 1.97 bits per heavy atom. The number of fused-ring (bicyclic) bond motifs is 4. The van der Waals surface area contributed by atoms with Crippen LogP contribution in [0.2, 0.25) is 0 Å². The van der Waals surface area contributed by atoms with Crippen molar-refractivity contribution in [1.29, 1.82) is 0 Å². The van der Waals surface area contributed by atoms with Crippen LogP contribution in [-0.2, 0) is 16.0 Å². The van der Waals surface area contributed by atoms with E-state index in [2.05, 4.69) is 4.98 Å². The number of aliphatic carboxylic acids is 1. The standard InChI is InChI=1S/C21H17ClN2O5/c22-9-18(25)24-15(21(26)27)8-13-12-3-1-2-4-14(12)23-19(13)20(24)11-5-6-16-17(7-11)29-10-28-16/h1-7,15,20,23H,8-10H2,(H,26,27). The summed E-state index contributed by atoms with van der Waals surface area (Å²) in [6.45, 7) is 0.128. The van der Waals surface area contributed by atoms with Crippen LogP contribution in [0.25, 0.3) is 10.9 Å². The number of ether oxygens (including phenoxy) is 2. The number of para-hydroxylation sites is 1. The van der Waals surface area contributed by atoms with Gasteiger partial charge < -0.3 is 24.5 Å². The molecule has 148 valence electrons. The molecule has 8 heteroatoms. The monoisotopic (exact) mass is 412 g/mol. The van der Waals surface area contributed by atoms with Crippen molar-refractivity contribution in [3.05, 3.63) is 59.3 Å². The molecule has 2 aliphatic rings. The van der Waals surface area contributed by atoms with E-state index < -0.39 is 24.0 Å². The molecule has 2 aliphatic heterocycles. The fourth-order valence-corrected chi connectivity index (χ4v) is 4.43. The summed E-state index contributed by atoms with van der Waals surface area (Å²) in [5.74, 6) is -0.626. The van der Waals surface area contributed by atoms with E-state index in [-0.39, 0.29) is 19.1 Å². The minimum atomic E-state index is -1.06. The second-order valence-electron chi connectivity index (χ2n) is 7.07. The summed E-state index contributed by atoms with van der Waals surface area (Å²) in [5.41, 5.74) is 3.31. The van der Waals surface area contributed by atoms with Gasteiger partial charge in [-0.05, 0) is 29.3 Å². The van der Waals surface area contributed by atoms with Crippen LogP contribution < -0.4 is 9.47 Å². The number of hydrogen-bond acceptors (Lipinski definition) is 4. The Labute approximate surface area is 170 Å². The van der Waals surface area contributed by atoms with E-state index in [1.165, 1.54) is 4.90 Å². The van der Waals surface area contributed by atoms with Crippen molar-refractivity contribution in [2.75, 3.05) is 12.7 Å². The molecule has 2 unspecified atom stereocenters. The number of hydrogen-bond donors (Lipinski definition) is 2. The summed E-state index contributed by atoms with van der Waals surface area (Å²) in [6.07, 6.45) is 0.207. The number of alkyl halides is 1. The molecule has 3 heterocycles. The average molecular weight is 413 g/mol. The predicted octanol–water partition coefficient (Wildman–Crippen LogP) is 3.06. The van der Waals surface area contributed by atoms with Gasteiger partial charge in [-0.3, -0.25) is 4.79 Å². The Morgan fingerprint density at radius 3 is 2.76 bits per heavy atom. The van der Waals surface area contributed by atoms with Crippen LogP contribution in [0.3, 0.4) is 0 Å². The van der Waals surface area contributed by atoms with Gasteiger partial charge in [0.05, 0.1) is 6.04 Å². The summed E-state index contributed by atoms with van der Waals surface area (Å²) in [4.78, 5) is 29.7. The van der Waals surface area contributed by atoms with E-state index in [0.717, 1.165) is 27.7 Å². The summed E-state index contributed by atoms with van der Waals surface area (Å²) < 4.78 is 10.9. The Kier molecular flexibility index (Phi) is 4.13. The number of benzene rings is 2. The zero-order chi connectivity index (χ0) is 20.1. The van der Waals surface area contributed by atoms with Gasteiger partial charge in [-0.25, -0.2) is 4.79 Å². The summed E-state index contributed by atoms with van der Waals surface area (Å²) in [7, 11) is 0. The third-order valence-corrected chi connectivity index (χ3v) is 5.76. The maximum Gasteiger partial charge on any atom is 0.326 e. The molecule has 7 nitrogen and oxygen atoms in total. The first kappa shape index (κ1) is 17.9. The van der Waals surface area contributed by atoms with Crippen LogP contribution in [0.5, 0.6) is 11.5 Å². The minimum Gasteiger partial charge on any atom is -0.480 e. The summed E-state index contributed by atoms with van der Waals surface area (Å²) >= 11 is 5.87. The van der Waals surface area contributed by atoms with Crippen molar-refractivity contribution in [2.24, 2.45) is 0 Å². The number of carboxylic acid groups (broad SMARTS) is 1. The Balaban J connectivity index is 1.75. The van der Waals surface area contributed by atoms with Crippen molar-refractivity contribution in [3.8, 4) is 11.5 Å². The second kappa shape index (κ2) is 6.70. The molecule has 2 aromatic carbocycles.